The van der Waals surface area contributed by atoms with Gasteiger partial charge in [0.25, 0.3) is 0 Å². The first-order valence-corrected chi connectivity index (χ1v) is 4.81. The summed E-state index contributed by atoms with van der Waals surface area (Å²) in [5, 5.41) is 4.36. The van der Waals surface area contributed by atoms with Crippen LogP contribution in [-0.4, -0.2) is 37.6 Å². The second kappa shape index (κ2) is 3.55. The average Bonchev–Trinajstić information content (AvgIpc) is 1.99. The predicted octanol–water partition coefficient (Wildman–Crippen LogP) is 0.706. The van der Waals surface area contributed by atoms with Gasteiger partial charge in [0.1, 0.15) is 0 Å². The number of hydrogen-bond acceptors (Lipinski definition) is 1. The van der Waals surface area contributed by atoms with E-state index in [9.17, 15) is 0 Å². The molecule has 11 heavy (non-hydrogen) atoms. The molecule has 0 aromatic carbocycles. The molecule has 2 aliphatic rings. The van der Waals surface area contributed by atoms with Gasteiger partial charge in [0.2, 0.25) is 0 Å². The van der Waals surface area contributed by atoms with Crippen molar-refractivity contribution in [1.29, 1.82) is 0 Å². The van der Waals surface area contributed by atoms with Crippen LogP contribution in [0, 0.1) is 5.92 Å². The summed E-state index contributed by atoms with van der Waals surface area (Å²) in [7, 11) is 0. The molecule has 0 bridgehead atoms. The van der Waals surface area contributed by atoms with Crippen molar-refractivity contribution in [2.75, 3.05) is 32.7 Å². The Labute approximate surface area is 69.0 Å². The predicted molar refractivity (Wildman–Crippen MR) is 45.6 cm³/mol. The molecule has 2 saturated heterocycles. The van der Waals surface area contributed by atoms with Gasteiger partial charge in [0, 0.05) is 19.6 Å². The zero-order valence-corrected chi connectivity index (χ0v) is 7.13. The van der Waals surface area contributed by atoms with Crippen molar-refractivity contribution in [2.45, 2.75) is 19.3 Å². The maximum atomic E-state index is 4.36. The van der Waals surface area contributed by atoms with Crippen LogP contribution in [-0.2, 0) is 0 Å². The van der Waals surface area contributed by atoms with E-state index in [-0.39, 0.29) is 0 Å². The largest absolute Gasteiger partial charge is 0.303 e. The first-order valence-electron chi connectivity index (χ1n) is 4.81. The van der Waals surface area contributed by atoms with Crippen LogP contribution >= 0.6 is 0 Å². The summed E-state index contributed by atoms with van der Waals surface area (Å²) < 4.78 is 0. The normalized spacial score (nSPS) is 28.4. The molecular weight excluding hydrogens is 136 g/mol. The van der Waals surface area contributed by atoms with Crippen LogP contribution in [0.15, 0.2) is 0 Å². The molecule has 0 aliphatic carbocycles. The van der Waals surface area contributed by atoms with E-state index in [2.05, 4.69) is 10.2 Å². The van der Waals surface area contributed by atoms with Crippen LogP contribution < -0.4 is 5.32 Å². The van der Waals surface area contributed by atoms with E-state index in [0.29, 0.717) is 0 Å². The Morgan fingerprint density at radius 1 is 1.18 bits per heavy atom. The van der Waals surface area contributed by atoms with E-state index in [4.69, 9.17) is 0 Å². The smallest absolute Gasteiger partial charge is 0.0136 e. The van der Waals surface area contributed by atoms with Crippen LogP contribution in [0.5, 0.6) is 0 Å². The Balaban J connectivity index is 1.67. The second-order valence-corrected chi connectivity index (χ2v) is 3.77. The Morgan fingerprint density at radius 2 is 1.91 bits per heavy atom. The van der Waals surface area contributed by atoms with Gasteiger partial charge in [-0.15, -0.1) is 0 Å². The van der Waals surface area contributed by atoms with Crippen LogP contribution in [0.2, 0.25) is 0 Å². The van der Waals surface area contributed by atoms with E-state index in [1.807, 2.05) is 0 Å². The minimum Gasteiger partial charge on any atom is -0.303 e. The third kappa shape index (κ3) is 1.94. The van der Waals surface area contributed by atoms with Crippen molar-refractivity contribution in [3.63, 3.8) is 0 Å². The van der Waals surface area contributed by atoms with Gasteiger partial charge < -0.3 is 4.90 Å². The zero-order chi connectivity index (χ0) is 7.52. The van der Waals surface area contributed by atoms with Gasteiger partial charge in [-0.05, 0) is 38.3 Å². The summed E-state index contributed by atoms with van der Waals surface area (Å²) in [5.74, 6) is 0.966. The summed E-state index contributed by atoms with van der Waals surface area (Å²) in [6, 6.07) is 0. The molecular formula is C9H17N2. The van der Waals surface area contributed by atoms with Gasteiger partial charge in [0.15, 0.2) is 0 Å². The molecule has 0 spiro atoms. The highest BCUT2D eigenvalue weighted by atomic mass is 15.2. The molecule has 0 aromatic heterocycles. The standard InChI is InChI=1S/C9H17N2/c1-6-11(7-1)8-9-2-4-10-5-3-9/h9H,1-8H2. The summed E-state index contributed by atoms with van der Waals surface area (Å²) in [6.45, 7) is 6.31. The Kier molecular flexibility index (Phi) is 2.44. The molecule has 0 saturated carbocycles. The van der Waals surface area contributed by atoms with Crippen molar-refractivity contribution in [3.05, 3.63) is 0 Å². The molecule has 2 fully saturated rings. The number of nitrogens with zero attached hydrogens (tertiary/aromatic N) is 2. The quantitative estimate of drug-likeness (QED) is 0.571. The number of piperidine rings is 1. The molecule has 63 valence electrons. The fourth-order valence-corrected chi connectivity index (χ4v) is 1.92. The number of hydrogen-bond donors (Lipinski definition) is 0. The highest BCUT2D eigenvalue weighted by molar-refractivity contribution is 4.76. The summed E-state index contributed by atoms with van der Waals surface area (Å²) in [4.78, 5) is 2.58. The highest BCUT2D eigenvalue weighted by Crippen LogP contribution is 2.17. The van der Waals surface area contributed by atoms with E-state index in [0.717, 1.165) is 19.0 Å². The molecule has 2 heteroatoms. The minimum atomic E-state index is 0.966. The van der Waals surface area contributed by atoms with Gasteiger partial charge in [0.05, 0.1) is 0 Å². The summed E-state index contributed by atoms with van der Waals surface area (Å²) >= 11 is 0. The number of likely N-dealkylation sites (tertiary alicyclic amines) is 1. The molecule has 0 N–H and O–H groups in total. The van der Waals surface area contributed by atoms with Crippen LogP contribution in [0.4, 0.5) is 0 Å². The van der Waals surface area contributed by atoms with Gasteiger partial charge >= 0.3 is 0 Å². The third-order valence-electron chi connectivity index (χ3n) is 2.86. The van der Waals surface area contributed by atoms with Crippen molar-refractivity contribution < 1.29 is 0 Å². The van der Waals surface area contributed by atoms with E-state index < -0.39 is 0 Å². The minimum absolute atomic E-state index is 0.966. The van der Waals surface area contributed by atoms with Crippen molar-refractivity contribution in [3.8, 4) is 0 Å². The maximum absolute atomic E-state index is 4.36. The van der Waals surface area contributed by atoms with Gasteiger partial charge in [-0.2, -0.15) is 0 Å². The SMILES string of the molecule is C1CN(CC2CC[N]CC2)C1. The van der Waals surface area contributed by atoms with Crippen molar-refractivity contribution >= 4 is 0 Å². The zero-order valence-electron chi connectivity index (χ0n) is 7.13. The van der Waals surface area contributed by atoms with Crippen LogP contribution in [0.1, 0.15) is 19.3 Å². The molecule has 0 amide bonds. The lowest BCUT2D eigenvalue weighted by Crippen LogP contribution is -2.42. The molecule has 0 unspecified atom stereocenters. The third-order valence-corrected chi connectivity index (χ3v) is 2.86. The number of rotatable bonds is 2. The summed E-state index contributed by atoms with van der Waals surface area (Å²) in [5.41, 5.74) is 0. The summed E-state index contributed by atoms with van der Waals surface area (Å²) in [6.07, 6.45) is 4.12. The monoisotopic (exact) mass is 153 g/mol. The molecule has 2 rings (SSSR count). The first kappa shape index (κ1) is 7.56. The van der Waals surface area contributed by atoms with Crippen LogP contribution in [0.25, 0.3) is 0 Å². The Morgan fingerprint density at radius 3 is 2.45 bits per heavy atom. The maximum Gasteiger partial charge on any atom is 0.0136 e. The lowest BCUT2D eigenvalue weighted by atomic mass is 9.96. The fraction of sp³-hybridized carbons (Fsp3) is 1.00. The average molecular weight is 153 g/mol. The van der Waals surface area contributed by atoms with Crippen molar-refractivity contribution in [2.24, 2.45) is 5.92 Å². The molecule has 1 radical (unpaired) electrons. The van der Waals surface area contributed by atoms with Gasteiger partial charge in [-0.1, -0.05) is 0 Å². The lowest BCUT2D eigenvalue weighted by molar-refractivity contribution is 0.138. The van der Waals surface area contributed by atoms with Crippen molar-refractivity contribution in [1.82, 2.24) is 10.2 Å². The first-order chi connectivity index (χ1) is 5.45. The van der Waals surface area contributed by atoms with Crippen LogP contribution in [0.3, 0.4) is 0 Å². The Hall–Kier alpha value is -0.0800. The Bertz CT molecular complexity index is 115. The molecule has 0 aromatic rings. The lowest BCUT2D eigenvalue weighted by Gasteiger charge is -2.35. The van der Waals surface area contributed by atoms with Gasteiger partial charge in [-0.3, -0.25) is 0 Å². The van der Waals surface area contributed by atoms with E-state index >= 15 is 0 Å². The fourth-order valence-electron chi connectivity index (χ4n) is 1.92. The van der Waals surface area contributed by atoms with E-state index in [1.54, 1.807) is 0 Å². The topological polar surface area (TPSA) is 17.3 Å². The molecule has 2 nitrogen and oxygen atoms in total. The highest BCUT2D eigenvalue weighted by Gasteiger charge is 2.20. The second-order valence-electron chi connectivity index (χ2n) is 3.77. The molecule has 2 aliphatic heterocycles. The van der Waals surface area contributed by atoms with Gasteiger partial charge in [-0.25, -0.2) is 5.32 Å². The molecule has 2 heterocycles. The molecule has 0 atom stereocenters. The van der Waals surface area contributed by atoms with E-state index in [1.165, 1.54) is 38.9 Å².